The first-order chi connectivity index (χ1) is 13.9. The average molecular weight is 420 g/mol. The maximum Gasteiger partial charge on any atom is 0.338 e. The van der Waals surface area contributed by atoms with Crippen molar-refractivity contribution < 1.29 is 27.5 Å². The van der Waals surface area contributed by atoms with Crippen molar-refractivity contribution in [2.24, 2.45) is 0 Å². The van der Waals surface area contributed by atoms with Crippen molar-refractivity contribution in [2.75, 3.05) is 38.2 Å². The lowest BCUT2D eigenvalue weighted by atomic mass is 10.2. The van der Waals surface area contributed by atoms with Crippen LogP contribution in [0.25, 0.3) is 0 Å². The van der Waals surface area contributed by atoms with Gasteiger partial charge in [0.25, 0.3) is 15.9 Å². The predicted molar refractivity (Wildman–Crippen MR) is 108 cm³/mol. The smallest absolute Gasteiger partial charge is 0.338 e. The molecule has 1 amide bonds. The molecule has 156 valence electrons. The molecule has 0 heterocycles. The Kier molecular flexibility index (Phi) is 8.17. The second-order valence-corrected chi connectivity index (χ2v) is 8.08. The van der Waals surface area contributed by atoms with Gasteiger partial charge in [-0.2, -0.15) is 0 Å². The highest BCUT2D eigenvalue weighted by Gasteiger charge is 2.22. The van der Waals surface area contributed by atoms with Gasteiger partial charge in [-0.3, -0.25) is 9.10 Å². The van der Waals surface area contributed by atoms with Gasteiger partial charge in [-0.15, -0.1) is 0 Å². The number of carbonyl (C=O) groups is 2. The van der Waals surface area contributed by atoms with Crippen molar-refractivity contribution in [3.05, 3.63) is 60.2 Å². The number of para-hydroxylation sites is 1. The van der Waals surface area contributed by atoms with E-state index in [0.29, 0.717) is 25.3 Å². The van der Waals surface area contributed by atoms with Crippen LogP contribution < -0.4 is 9.62 Å². The Morgan fingerprint density at radius 3 is 2.48 bits per heavy atom. The second kappa shape index (κ2) is 10.6. The Bertz CT molecular complexity index is 931. The molecular weight excluding hydrogens is 396 g/mol. The van der Waals surface area contributed by atoms with E-state index in [1.165, 1.54) is 31.3 Å². The van der Waals surface area contributed by atoms with Gasteiger partial charge in [-0.05, 0) is 36.8 Å². The molecule has 0 spiro atoms. The molecule has 2 aromatic rings. The monoisotopic (exact) mass is 420 g/mol. The van der Waals surface area contributed by atoms with E-state index >= 15 is 0 Å². The summed E-state index contributed by atoms with van der Waals surface area (Å²) in [6.07, 6.45) is 0.644. The molecule has 0 bridgehead atoms. The van der Waals surface area contributed by atoms with E-state index in [4.69, 9.17) is 9.47 Å². The summed E-state index contributed by atoms with van der Waals surface area (Å²) in [4.78, 5) is 23.8. The maximum absolute atomic E-state index is 12.8. The van der Waals surface area contributed by atoms with Crippen LogP contribution in [0.4, 0.5) is 5.69 Å². The van der Waals surface area contributed by atoms with Gasteiger partial charge in [-0.25, -0.2) is 13.2 Å². The Hall–Kier alpha value is -2.91. The fourth-order valence-electron chi connectivity index (χ4n) is 2.43. The first kappa shape index (κ1) is 22.4. The van der Waals surface area contributed by atoms with Gasteiger partial charge in [-0.1, -0.05) is 24.3 Å². The number of anilines is 1. The zero-order valence-corrected chi connectivity index (χ0v) is 17.1. The van der Waals surface area contributed by atoms with Gasteiger partial charge < -0.3 is 14.8 Å². The number of nitrogens with one attached hydrogen (secondary N) is 1. The third-order valence-corrected chi connectivity index (χ3v) is 5.81. The number of hydrogen-bond acceptors (Lipinski definition) is 6. The van der Waals surface area contributed by atoms with E-state index in [1.54, 1.807) is 37.4 Å². The van der Waals surface area contributed by atoms with Gasteiger partial charge >= 0.3 is 5.97 Å². The number of hydrogen-bond donors (Lipinski definition) is 1. The molecule has 0 unspecified atom stereocenters. The molecular formula is C20H24N2O6S. The average Bonchev–Trinajstić information content (AvgIpc) is 2.75. The lowest BCUT2D eigenvalue weighted by Gasteiger charge is -2.19. The summed E-state index contributed by atoms with van der Waals surface area (Å²) in [6.45, 7) is 0.468. The van der Waals surface area contributed by atoms with Crippen LogP contribution in [0.1, 0.15) is 16.8 Å². The Balaban J connectivity index is 2.03. The molecule has 2 aromatic carbocycles. The maximum atomic E-state index is 12.8. The topological polar surface area (TPSA) is 102 Å². The van der Waals surface area contributed by atoms with Crippen LogP contribution in [0.3, 0.4) is 0 Å². The molecule has 9 heteroatoms. The first-order valence-corrected chi connectivity index (χ1v) is 10.4. The minimum absolute atomic E-state index is 0.0414. The van der Waals surface area contributed by atoms with E-state index in [9.17, 15) is 18.0 Å². The molecule has 0 saturated carbocycles. The van der Waals surface area contributed by atoms with E-state index in [2.05, 4.69) is 5.32 Å². The zero-order chi connectivity index (χ0) is 21.3. The van der Waals surface area contributed by atoms with Crippen LogP contribution >= 0.6 is 0 Å². The third-order valence-electron chi connectivity index (χ3n) is 4.03. The normalized spacial score (nSPS) is 11.0. The van der Waals surface area contributed by atoms with E-state index in [-0.39, 0.29) is 10.5 Å². The lowest BCUT2D eigenvalue weighted by Crippen LogP contribution is -2.30. The Labute approximate surface area is 170 Å². The van der Waals surface area contributed by atoms with Gasteiger partial charge in [0.05, 0.1) is 16.1 Å². The summed E-state index contributed by atoms with van der Waals surface area (Å²) in [5, 5.41) is 2.59. The van der Waals surface area contributed by atoms with Crippen molar-refractivity contribution in [3.63, 3.8) is 0 Å². The summed E-state index contributed by atoms with van der Waals surface area (Å²) < 4.78 is 36.7. The van der Waals surface area contributed by atoms with E-state index < -0.39 is 28.5 Å². The fourth-order valence-corrected chi connectivity index (χ4v) is 3.67. The number of benzene rings is 2. The number of carbonyl (C=O) groups excluding carboxylic acids is 2. The highest BCUT2D eigenvalue weighted by molar-refractivity contribution is 7.92. The predicted octanol–water partition coefficient (Wildman–Crippen LogP) is 1.82. The molecule has 2 rings (SSSR count). The summed E-state index contributed by atoms with van der Waals surface area (Å²) in [6, 6.07) is 14.1. The first-order valence-electron chi connectivity index (χ1n) is 8.93. The minimum atomic E-state index is -3.86. The van der Waals surface area contributed by atoms with E-state index in [1.807, 2.05) is 0 Å². The Morgan fingerprint density at radius 2 is 1.79 bits per heavy atom. The second-order valence-electron chi connectivity index (χ2n) is 6.11. The van der Waals surface area contributed by atoms with Crippen LogP contribution in [-0.4, -0.2) is 54.2 Å². The molecule has 1 N–H and O–H groups in total. The number of sulfonamides is 1. The minimum Gasteiger partial charge on any atom is -0.452 e. The van der Waals surface area contributed by atoms with Gasteiger partial charge in [0, 0.05) is 27.3 Å². The van der Waals surface area contributed by atoms with Crippen LogP contribution in [0.15, 0.2) is 59.5 Å². The Morgan fingerprint density at radius 1 is 1.07 bits per heavy atom. The number of rotatable bonds is 10. The van der Waals surface area contributed by atoms with Gasteiger partial charge in [0.15, 0.2) is 6.61 Å². The van der Waals surface area contributed by atoms with Crippen LogP contribution in [0.5, 0.6) is 0 Å². The van der Waals surface area contributed by atoms with Crippen molar-refractivity contribution >= 4 is 27.6 Å². The van der Waals surface area contributed by atoms with Crippen molar-refractivity contribution in [3.8, 4) is 0 Å². The number of nitrogens with zero attached hydrogens (tertiary/aromatic N) is 1. The largest absolute Gasteiger partial charge is 0.452 e. The highest BCUT2D eigenvalue weighted by Crippen LogP contribution is 2.22. The molecule has 0 aliphatic rings. The van der Waals surface area contributed by atoms with Crippen LogP contribution in [0, 0.1) is 0 Å². The SMILES string of the molecule is COCCCNC(=O)COC(=O)c1cccc(S(=O)(=O)N(C)c2ccccc2)c1. The molecule has 0 aliphatic carbocycles. The molecule has 8 nitrogen and oxygen atoms in total. The van der Waals surface area contributed by atoms with Crippen molar-refractivity contribution in [1.82, 2.24) is 5.32 Å². The molecule has 29 heavy (non-hydrogen) atoms. The molecule has 0 aromatic heterocycles. The molecule has 0 fully saturated rings. The van der Waals surface area contributed by atoms with Gasteiger partial charge in [0.2, 0.25) is 0 Å². The molecule has 0 aliphatic heterocycles. The third kappa shape index (κ3) is 6.30. The van der Waals surface area contributed by atoms with E-state index in [0.717, 1.165) is 4.31 Å². The molecule has 0 atom stereocenters. The number of methoxy groups -OCH3 is 1. The zero-order valence-electron chi connectivity index (χ0n) is 16.3. The summed E-state index contributed by atoms with van der Waals surface area (Å²) in [5.74, 6) is -1.22. The summed E-state index contributed by atoms with van der Waals surface area (Å²) >= 11 is 0. The fraction of sp³-hybridized carbons (Fsp3) is 0.300. The molecule has 0 saturated heterocycles. The number of ether oxygens (including phenoxy) is 2. The van der Waals surface area contributed by atoms with Gasteiger partial charge in [0.1, 0.15) is 0 Å². The molecule has 0 radical (unpaired) electrons. The van der Waals surface area contributed by atoms with Crippen molar-refractivity contribution in [1.29, 1.82) is 0 Å². The standard InChI is InChI=1S/C20H24N2O6S/c1-22(17-9-4-3-5-10-17)29(25,26)18-11-6-8-16(14-18)20(24)28-15-19(23)21-12-7-13-27-2/h3-6,8-11,14H,7,12-13,15H2,1-2H3,(H,21,23). The summed E-state index contributed by atoms with van der Waals surface area (Å²) in [7, 11) is -0.863. The van der Waals surface area contributed by atoms with Crippen LogP contribution in [0.2, 0.25) is 0 Å². The summed E-state index contributed by atoms with van der Waals surface area (Å²) in [5.41, 5.74) is 0.533. The number of esters is 1. The lowest BCUT2D eigenvalue weighted by molar-refractivity contribution is -0.124. The number of amides is 1. The van der Waals surface area contributed by atoms with Crippen molar-refractivity contribution in [2.45, 2.75) is 11.3 Å². The quantitative estimate of drug-likeness (QED) is 0.465. The highest BCUT2D eigenvalue weighted by atomic mass is 32.2. The van der Waals surface area contributed by atoms with Crippen LogP contribution in [-0.2, 0) is 24.3 Å².